The summed E-state index contributed by atoms with van der Waals surface area (Å²) in [7, 11) is 0. The first-order chi connectivity index (χ1) is 20.5. The Labute approximate surface area is 246 Å². The van der Waals surface area contributed by atoms with Gasteiger partial charge in [0.2, 0.25) is 4.96 Å². The highest BCUT2D eigenvalue weighted by Gasteiger charge is 2.16. The molecule has 0 saturated carbocycles. The molecule has 0 spiro atoms. The predicted octanol–water partition coefficient (Wildman–Crippen LogP) is 5.88. The topological polar surface area (TPSA) is 83.5 Å². The molecule has 9 heteroatoms. The van der Waals surface area contributed by atoms with E-state index in [0.717, 1.165) is 51.6 Å². The van der Waals surface area contributed by atoms with Gasteiger partial charge in [-0.3, -0.25) is 4.79 Å². The van der Waals surface area contributed by atoms with E-state index >= 15 is 0 Å². The van der Waals surface area contributed by atoms with E-state index in [1.165, 1.54) is 15.9 Å². The summed E-state index contributed by atoms with van der Waals surface area (Å²) in [5, 5.41) is 9.43. The lowest BCUT2D eigenvalue weighted by Crippen LogP contribution is -2.23. The highest BCUT2D eigenvalue weighted by atomic mass is 32.1. The van der Waals surface area contributed by atoms with Crippen molar-refractivity contribution in [2.75, 3.05) is 13.2 Å². The normalized spacial score (nSPS) is 11.7. The van der Waals surface area contributed by atoms with Gasteiger partial charge in [-0.05, 0) is 79.6 Å². The average Bonchev–Trinajstić information content (AvgIpc) is 3.71. The Bertz CT molecular complexity index is 1970. The zero-order valence-electron chi connectivity index (χ0n) is 23.4. The molecule has 6 rings (SSSR count). The summed E-state index contributed by atoms with van der Waals surface area (Å²) in [6, 6.07) is 23.4. The Hall–Kier alpha value is -5.02. The summed E-state index contributed by atoms with van der Waals surface area (Å²) in [4.78, 5) is 18.6. The van der Waals surface area contributed by atoms with E-state index in [9.17, 15) is 4.79 Å². The molecule has 0 aliphatic heterocycles. The number of nitrogens with zero attached hydrogens (tertiary/aromatic N) is 5. The second-order valence-electron chi connectivity index (χ2n) is 9.71. The summed E-state index contributed by atoms with van der Waals surface area (Å²) in [5.41, 5.74) is 4.97. The van der Waals surface area contributed by atoms with Crippen LogP contribution in [0.25, 0.3) is 39.4 Å². The Morgan fingerprint density at radius 1 is 0.976 bits per heavy atom. The molecule has 0 saturated heterocycles. The van der Waals surface area contributed by atoms with Crippen molar-refractivity contribution in [1.29, 1.82) is 0 Å². The summed E-state index contributed by atoms with van der Waals surface area (Å²) < 4.78 is 15.1. The highest BCUT2D eigenvalue weighted by Crippen LogP contribution is 2.29. The molecular weight excluding hydrogens is 546 g/mol. The summed E-state index contributed by atoms with van der Waals surface area (Å²) in [6.07, 6.45) is 6.46. The van der Waals surface area contributed by atoms with Gasteiger partial charge in [-0.15, -0.1) is 5.10 Å². The van der Waals surface area contributed by atoms with Crippen molar-refractivity contribution in [2.24, 2.45) is 0 Å². The molecule has 42 heavy (non-hydrogen) atoms. The number of aryl methyl sites for hydroxylation is 1. The van der Waals surface area contributed by atoms with Gasteiger partial charge in [0, 0.05) is 22.9 Å². The van der Waals surface area contributed by atoms with E-state index in [1.54, 1.807) is 6.08 Å². The first kappa shape index (κ1) is 27.2. The minimum atomic E-state index is -0.223. The van der Waals surface area contributed by atoms with Crippen LogP contribution in [-0.2, 0) is 0 Å². The van der Waals surface area contributed by atoms with Gasteiger partial charge in [0.25, 0.3) is 5.56 Å². The first-order valence-electron chi connectivity index (χ1n) is 13.7. The Morgan fingerprint density at radius 3 is 2.48 bits per heavy atom. The molecule has 0 aliphatic rings. The molecule has 0 radical (unpaired) electrons. The van der Waals surface area contributed by atoms with Crippen LogP contribution < -0.4 is 19.6 Å². The fraction of sp³-hybridized carbons (Fsp3) is 0.152. The fourth-order valence-corrected chi connectivity index (χ4v) is 5.45. The van der Waals surface area contributed by atoms with E-state index in [4.69, 9.17) is 14.6 Å². The smallest absolute Gasteiger partial charge is 0.291 e. The lowest BCUT2D eigenvalue weighted by molar-refractivity contribution is 0.317. The number of fused-ring (bicyclic) bond motifs is 1. The van der Waals surface area contributed by atoms with E-state index < -0.39 is 0 Å². The van der Waals surface area contributed by atoms with Crippen molar-refractivity contribution in [3.63, 3.8) is 0 Å². The van der Waals surface area contributed by atoms with E-state index in [1.807, 2.05) is 96.7 Å². The third kappa shape index (κ3) is 5.46. The number of thiazole rings is 1. The molecule has 0 aliphatic carbocycles. The SMILES string of the molecule is C=CCOc1ccc(-c2nn(-c3ccccc3)cc2/C=c2\sc3nc(-c4ccc(OCCC)cc4)nn3c2=O)cc1C. The molecule has 0 N–H and O–H groups in total. The number of hydrogen-bond donors (Lipinski definition) is 0. The standard InChI is InChI=1S/C33H29N5O3S/c1-4-17-40-27-14-11-23(12-15-27)31-34-33-38(36-31)32(39)29(42-33)20-25-21-37(26-9-7-6-8-10-26)35-30(25)24-13-16-28(22(3)19-24)41-18-5-2/h5-16,19-21H,2,4,17-18H2,1,3H3/b29-20-. The van der Waals surface area contributed by atoms with E-state index in [2.05, 4.69) is 23.6 Å². The second kappa shape index (κ2) is 11.8. The third-order valence-corrected chi connectivity index (χ3v) is 7.58. The maximum Gasteiger partial charge on any atom is 0.291 e. The maximum atomic E-state index is 13.4. The molecule has 0 amide bonds. The lowest BCUT2D eigenvalue weighted by atomic mass is 10.0. The van der Waals surface area contributed by atoms with Gasteiger partial charge >= 0.3 is 0 Å². The van der Waals surface area contributed by atoms with Crippen molar-refractivity contribution >= 4 is 22.4 Å². The van der Waals surface area contributed by atoms with Crippen LogP contribution in [0.1, 0.15) is 24.5 Å². The molecule has 0 atom stereocenters. The van der Waals surface area contributed by atoms with Crippen molar-refractivity contribution in [3.8, 4) is 39.8 Å². The number of aromatic nitrogens is 5. The van der Waals surface area contributed by atoms with Crippen molar-refractivity contribution in [3.05, 3.63) is 118 Å². The molecule has 0 bridgehead atoms. The van der Waals surface area contributed by atoms with Gasteiger partial charge in [0.1, 0.15) is 23.8 Å². The Morgan fingerprint density at radius 2 is 1.76 bits per heavy atom. The summed E-state index contributed by atoms with van der Waals surface area (Å²) in [6.45, 7) is 8.89. The van der Waals surface area contributed by atoms with Crippen LogP contribution in [0.4, 0.5) is 0 Å². The van der Waals surface area contributed by atoms with Crippen LogP contribution >= 0.6 is 11.3 Å². The van der Waals surface area contributed by atoms with E-state index in [0.29, 0.717) is 28.5 Å². The largest absolute Gasteiger partial charge is 0.494 e. The van der Waals surface area contributed by atoms with Crippen molar-refractivity contribution < 1.29 is 9.47 Å². The van der Waals surface area contributed by atoms with Gasteiger partial charge in [-0.2, -0.15) is 14.6 Å². The minimum Gasteiger partial charge on any atom is -0.494 e. The molecule has 0 fully saturated rings. The van der Waals surface area contributed by atoms with Crippen LogP contribution in [0.5, 0.6) is 11.5 Å². The highest BCUT2D eigenvalue weighted by molar-refractivity contribution is 7.15. The lowest BCUT2D eigenvalue weighted by Gasteiger charge is -2.08. The average molecular weight is 576 g/mol. The monoisotopic (exact) mass is 575 g/mol. The Balaban J connectivity index is 1.39. The van der Waals surface area contributed by atoms with Crippen LogP contribution in [0, 0.1) is 6.92 Å². The number of rotatable bonds is 10. The zero-order chi connectivity index (χ0) is 29.1. The molecule has 3 aromatic heterocycles. The van der Waals surface area contributed by atoms with Crippen LogP contribution in [0.3, 0.4) is 0 Å². The summed E-state index contributed by atoms with van der Waals surface area (Å²) >= 11 is 1.30. The van der Waals surface area contributed by atoms with Gasteiger partial charge in [-0.25, -0.2) is 4.68 Å². The molecule has 3 heterocycles. The molecule has 6 aromatic rings. The zero-order valence-corrected chi connectivity index (χ0v) is 24.2. The fourth-order valence-electron chi connectivity index (χ4n) is 4.55. The summed E-state index contributed by atoms with van der Waals surface area (Å²) in [5.74, 6) is 2.08. The Kier molecular flexibility index (Phi) is 7.66. The van der Waals surface area contributed by atoms with Gasteiger partial charge in [-0.1, -0.05) is 49.1 Å². The minimum absolute atomic E-state index is 0.223. The molecule has 210 valence electrons. The maximum absolute atomic E-state index is 13.4. The van der Waals surface area contributed by atoms with Crippen LogP contribution in [0.2, 0.25) is 0 Å². The van der Waals surface area contributed by atoms with Crippen LogP contribution in [0.15, 0.2) is 96.4 Å². The molecule has 3 aromatic carbocycles. The molecule has 0 unspecified atom stereocenters. The predicted molar refractivity (Wildman–Crippen MR) is 167 cm³/mol. The quantitative estimate of drug-likeness (QED) is 0.190. The number of ether oxygens (including phenoxy) is 2. The number of hydrogen-bond acceptors (Lipinski definition) is 7. The second-order valence-corrected chi connectivity index (χ2v) is 10.7. The van der Waals surface area contributed by atoms with Crippen LogP contribution in [-0.4, -0.2) is 37.6 Å². The molecule has 8 nitrogen and oxygen atoms in total. The van der Waals surface area contributed by atoms with Crippen molar-refractivity contribution in [2.45, 2.75) is 20.3 Å². The molecular formula is C33H29N5O3S. The van der Waals surface area contributed by atoms with Gasteiger partial charge in [0.15, 0.2) is 5.82 Å². The first-order valence-corrected chi connectivity index (χ1v) is 14.5. The third-order valence-electron chi connectivity index (χ3n) is 6.62. The number of para-hydroxylation sites is 1. The van der Waals surface area contributed by atoms with Gasteiger partial charge < -0.3 is 9.47 Å². The van der Waals surface area contributed by atoms with Crippen molar-refractivity contribution in [1.82, 2.24) is 24.4 Å². The van der Waals surface area contributed by atoms with Gasteiger partial charge in [0.05, 0.1) is 16.8 Å². The number of benzene rings is 3. The van der Waals surface area contributed by atoms with E-state index in [-0.39, 0.29) is 5.56 Å².